The lowest BCUT2D eigenvalue weighted by atomic mass is 9.98. The Bertz CT molecular complexity index is 758. The molecule has 5 heteroatoms. The lowest BCUT2D eigenvalue weighted by Crippen LogP contribution is -2.48. The van der Waals surface area contributed by atoms with Crippen LogP contribution in [0.15, 0.2) is 18.2 Å². The van der Waals surface area contributed by atoms with E-state index in [2.05, 4.69) is 10.3 Å². The van der Waals surface area contributed by atoms with E-state index in [9.17, 15) is 9.90 Å². The first-order valence-corrected chi connectivity index (χ1v) is 7.91. The number of amides is 1. The Labute approximate surface area is 135 Å². The first-order chi connectivity index (χ1) is 11.0. The third kappa shape index (κ3) is 3.07. The standard InChI is InChI=1S/C18H22N2O3/c1-10-4-5-14-13(8-10)17(11(2)12(3)19-14)18(22)20-15-6-7-23-9-16(15)21/h4-5,8,15-16,21H,6-7,9H2,1-3H3,(H,20,22)/t15-,16-/m1/s1. The van der Waals surface area contributed by atoms with Gasteiger partial charge in [-0.1, -0.05) is 11.6 Å². The van der Waals surface area contributed by atoms with Crippen LogP contribution in [0.1, 0.15) is 33.6 Å². The summed E-state index contributed by atoms with van der Waals surface area (Å²) >= 11 is 0. The summed E-state index contributed by atoms with van der Waals surface area (Å²) in [6, 6.07) is 5.65. The largest absolute Gasteiger partial charge is 0.389 e. The quantitative estimate of drug-likeness (QED) is 0.890. The number of carbonyl (C=O) groups excluding carboxylic acids is 1. The minimum atomic E-state index is -0.663. The van der Waals surface area contributed by atoms with Crippen molar-refractivity contribution in [3.63, 3.8) is 0 Å². The second-order valence-corrected chi connectivity index (χ2v) is 6.23. The third-order valence-corrected chi connectivity index (χ3v) is 4.50. The van der Waals surface area contributed by atoms with Crippen molar-refractivity contribution in [2.45, 2.75) is 39.3 Å². The van der Waals surface area contributed by atoms with E-state index in [1.807, 2.05) is 39.0 Å². The molecule has 0 radical (unpaired) electrons. The summed E-state index contributed by atoms with van der Waals surface area (Å²) in [4.78, 5) is 17.4. The second-order valence-electron chi connectivity index (χ2n) is 6.23. The van der Waals surface area contributed by atoms with Gasteiger partial charge in [-0.2, -0.15) is 0 Å². The molecular weight excluding hydrogens is 292 g/mol. The Hall–Kier alpha value is -1.98. The molecule has 2 atom stereocenters. The third-order valence-electron chi connectivity index (χ3n) is 4.50. The summed E-state index contributed by atoms with van der Waals surface area (Å²) in [5, 5.41) is 13.8. The van der Waals surface area contributed by atoms with Crippen LogP contribution in [0, 0.1) is 20.8 Å². The number of rotatable bonds is 2. The summed E-state index contributed by atoms with van der Waals surface area (Å²) in [6.45, 7) is 6.64. The van der Waals surface area contributed by atoms with Crippen LogP contribution in [0.5, 0.6) is 0 Å². The molecule has 2 N–H and O–H groups in total. The van der Waals surface area contributed by atoms with Gasteiger partial charge in [0.25, 0.3) is 5.91 Å². The van der Waals surface area contributed by atoms with E-state index in [0.717, 1.165) is 27.7 Å². The minimum Gasteiger partial charge on any atom is -0.389 e. The number of fused-ring (bicyclic) bond motifs is 1. The van der Waals surface area contributed by atoms with E-state index in [1.165, 1.54) is 0 Å². The van der Waals surface area contributed by atoms with Crippen LogP contribution >= 0.6 is 0 Å². The zero-order valence-electron chi connectivity index (χ0n) is 13.7. The number of benzene rings is 1. The van der Waals surface area contributed by atoms with Gasteiger partial charge in [0, 0.05) is 17.7 Å². The molecule has 5 nitrogen and oxygen atoms in total. The van der Waals surface area contributed by atoms with E-state index in [0.29, 0.717) is 18.6 Å². The zero-order valence-corrected chi connectivity index (χ0v) is 13.7. The maximum Gasteiger partial charge on any atom is 0.252 e. The number of aliphatic hydroxyl groups is 1. The molecule has 1 aliphatic heterocycles. The minimum absolute atomic E-state index is 0.158. The molecule has 2 aromatic rings. The highest BCUT2D eigenvalue weighted by atomic mass is 16.5. The molecule has 1 aliphatic rings. The summed E-state index contributed by atoms with van der Waals surface area (Å²) in [5.74, 6) is -0.158. The Morgan fingerprint density at radius 1 is 1.35 bits per heavy atom. The van der Waals surface area contributed by atoms with Crippen LogP contribution in [0.4, 0.5) is 0 Å². The van der Waals surface area contributed by atoms with Crippen molar-refractivity contribution < 1.29 is 14.6 Å². The molecule has 0 spiro atoms. The SMILES string of the molecule is Cc1ccc2nc(C)c(C)c(C(=O)N[C@@H]3CCOC[C@H]3O)c2c1. The normalized spacial score (nSPS) is 21.4. The fraction of sp³-hybridized carbons (Fsp3) is 0.444. The molecule has 1 saturated heterocycles. The fourth-order valence-corrected chi connectivity index (χ4v) is 3.02. The molecule has 1 aromatic heterocycles. The molecule has 1 amide bonds. The average molecular weight is 314 g/mol. The van der Waals surface area contributed by atoms with Crippen molar-refractivity contribution in [2.24, 2.45) is 0 Å². The molecule has 0 saturated carbocycles. The highest BCUT2D eigenvalue weighted by Gasteiger charge is 2.27. The first-order valence-electron chi connectivity index (χ1n) is 7.91. The van der Waals surface area contributed by atoms with E-state index in [1.54, 1.807) is 0 Å². The van der Waals surface area contributed by atoms with E-state index >= 15 is 0 Å². The molecule has 3 rings (SSSR count). The van der Waals surface area contributed by atoms with E-state index in [-0.39, 0.29) is 18.6 Å². The molecule has 0 aliphatic carbocycles. The molecule has 122 valence electrons. The van der Waals surface area contributed by atoms with Crippen molar-refractivity contribution in [3.8, 4) is 0 Å². The van der Waals surface area contributed by atoms with Crippen molar-refractivity contribution >= 4 is 16.8 Å². The fourth-order valence-electron chi connectivity index (χ4n) is 3.02. The summed E-state index contributed by atoms with van der Waals surface area (Å²) < 4.78 is 5.22. The van der Waals surface area contributed by atoms with Crippen LogP contribution in [0.3, 0.4) is 0 Å². The molecule has 23 heavy (non-hydrogen) atoms. The smallest absolute Gasteiger partial charge is 0.252 e. The number of aryl methyl sites for hydroxylation is 2. The maximum atomic E-state index is 12.9. The van der Waals surface area contributed by atoms with Gasteiger partial charge in [0.05, 0.1) is 29.8 Å². The van der Waals surface area contributed by atoms with Crippen molar-refractivity contribution in [1.82, 2.24) is 10.3 Å². The van der Waals surface area contributed by atoms with Crippen LogP contribution in [0.25, 0.3) is 10.9 Å². The number of hydrogen-bond acceptors (Lipinski definition) is 4. The molecule has 0 unspecified atom stereocenters. The van der Waals surface area contributed by atoms with Gasteiger partial charge in [-0.05, 0) is 44.9 Å². The average Bonchev–Trinajstić information content (AvgIpc) is 2.51. The van der Waals surface area contributed by atoms with Crippen molar-refractivity contribution in [2.75, 3.05) is 13.2 Å². The van der Waals surface area contributed by atoms with Crippen LogP contribution in [-0.2, 0) is 4.74 Å². The number of hydrogen-bond donors (Lipinski definition) is 2. The van der Waals surface area contributed by atoms with Gasteiger partial charge in [-0.25, -0.2) is 0 Å². The Kier molecular flexibility index (Phi) is 4.33. The van der Waals surface area contributed by atoms with Gasteiger partial charge < -0.3 is 15.2 Å². The van der Waals surface area contributed by atoms with Crippen LogP contribution in [0.2, 0.25) is 0 Å². The number of pyridine rings is 1. The zero-order chi connectivity index (χ0) is 16.6. The number of aliphatic hydroxyl groups excluding tert-OH is 1. The summed E-state index contributed by atoms with van der Waals surface area (Å²) in [7, 11) is 0. The topological polar surface area (TPSA) is 71.5 Å². The van der Waals surface area contributed by atoms with Gasteiger partial charge in [-0.3, -0.25) is 9.78 Å². The number of ether oxygens (including phenoxy) is 1. The van der Waals surface area contributed by atoms with Gasteiger partial charge in [-0.15, -0.1) is 0 Å². The monoisotopic (exact) mass is 314 g/mol. The molecule has 1 aromatic carbocycles. The number of aromatic nitrogens is 1. The number of carbonyl (C=O) groups is 1. The summed E-state index contributed by atoms with van der Waals surface area (Å²) in [6.07, 6.45) is -0.0450. The summed E-state index contributed by atoms with van der Waals surface area (Å²) in [5.41, 5.74) is 4.27. The van der Waals surface area contributed by atoms with E-state index < -0.39 is 6.10 Å². The maximum absolute atomic E-state index is 12.9. The van der Waals surface area contributed by atoms with Crippen molar-refractivity contribution in [1.29, 1.82) is 0 Å². The van der Waals surface area contributed by atoms with Gasteiger partial charge >= 0.3 is 0 Å². The first kappa shape index (κ1) is 15.9. The Morgan fingerprint density at radius 2 is 2.13 bits per heavy atom. The lowest BCUT2D eigenvalue weighted by Gasteiger charge is -2.28. The highest BCUT2D eigenvalue weighted by Crippen LogP contribution is 2.24. The molecule has 1 fully saturated rings. The van der Waals surface area contributed by atoms with Gasteiger partial charge in [0.1, 0.15) is 0 Å². The molecule has 0 bridgehead atoms. The van der Waals surface area contributed by atoms with Gasteiger partial charge in [0.2, 0.25) is 0 Å². The predicted molar refractivity (Wildman–Crippen MR) is 88.7 cm³/mol. The Balaban J connectivity index is 2.02. The predicted octanol–water partition coefficient (Wildman–Crippen LogP) is 2.04. The van der Waals surface area contributed by atoms with E-state index in [4.69, 9.17) is 4.74 Å². The van der Waals surface area contributed by atoms with Crippen LogP contribution in [-0.4, -0.2) is 41.4 Å². The Morgan fingerprint density at radius 3 is 2.87 bits per heavy atom. The molecular formula is C18H22N2O3. The van der Waals surface area contributed by atoms with Crippen molar-refractivity contribution in [3.05, 3.63) is 40.6 Å². The lowest BCUT2D eigenvalue weighted by molar-refractivity contribution is -0.0260. The second kappa shape index (κ2) is 6.26. The number of nitrogens with one attached hydrogen (secondary N) is 1. The highest BCUT2D eigenvalue weighted by molar-refractivity contribution is 6.07. The van der Waals surface area contributed by atoms with Crippen LogP contribution < -0.4 is 5.32 Å². The van der Waals surface area contributed by atoms with Gasteiger partial charge in [0.15, 0.2) is 0 Å². The number of nitrogens with zero attached hydrogens (tertiary/aromatic N) is 1. The molecule has 2 heterocycles.